The molecule has 3 aromatic heterocycles. The van der Waals surface area contributed by atoms with Gasteiger partial charge in [0, 0.05) is 36.9 Å². The van der Waals surface area contributed by atoms with Gasteiger partial charge in [-0.05, 0) is 48.7 Å². The molecular formula is C23H22N8O. The van der Waals surface area contributed by atoms with Crippen molar-refractivity contribution < 1.29 is 4.79 Å². The number of hydrogen-bond donors (Lipinski definition) is 2. The van der Waals surface area contributed by atoms with Crippen LogP contribution in [0.15, 0.2) is 67.4 Å². The lowest BCUT2D eigenvalue weighted by atomic mass is 10.1. The molecule has 0 radical (unpaired) electrons. The SMILES string of the molecule is Cn1c(CNc2cccc(C(=O)NC3(c4cccnc4)CC3)c2)nnc1-c1ccncn1. The molecule has 9 nitrogen and oxygen atoms in total. The first-order valence-corrected chi connectivity index (χ1v) is 10.4. The zero-order valence-electron chi connectivity index (χ0n) is 17.6. The molecule has 0 atom stereocenters. The van der Waals surface area contributed by atoms with E-state index in [-0.39, 0.29) is 11.4 Å². The van der Waals surface area contributed by atoms with E-state index in [9.17, 15) is 4.79 Å². The summed E-state index contributed by atoms with van der Waals surface area (Å²) in [5, 5.41) is 15.0. The minimum Gasteiger partial charge on any atom is -0.378 e. The van der Waals surface area contributed by atoms with E-state index < -0.39 is 0 Å². The molecule has 9 heteroatoms. The summed E-state index contributed by atoms with van der Waals surface area (Å²) in [5.74, 6) is 1.32. The van der Waals surface area contributed by atoms with E-state index in [0.29, 0.717) is 23.6 Å². The van der Waals surface area contributed by atoms with Gasteiger partial charge in [-0.1, -0.05) is 12.1 Å². The van der Waals surface area contributed by atoms with Crippen LogP contribution < -0.4 is 10.6 Å². The summed E-state index contributed by atoms with van der Waals surface area (Å²) in [6.45, 7) is 0.458. The van der Waals surface area contributed by atoms with E-state index in [0.717, 1.165) is 29.9 Å². The van der Waals surface area contributed by atoms with Gasteiger partial charge in [0.25, 0.3) is 5.91 Å². The predicted octanol–water partition coefficient (Wildman–Crippen LogP) is 2.70. The van der Waals surface area contributed by atoms with Crippen LogP contribution in [-0.2, 0) is 19.1 Å². The minimum absolute atomic E-state index is 0.0975. The maximum Gasteiger partial charge on any atom is 0.252 e. The average molecular weight is 426 g/mol. The number of anilines is 1. The summed E-state index contributed by atoms with van der Waals surface area (Å²) >= 11 is 0. The van der Waals surface area contributed by atoms with Gasteiger partial charge in [0.15, 0.2) is 11.6 Å². The van der Waals surface area contributed by atoms with Gasteiger partial charge in [0.2, 0.25) is 0 Å². The fourth-order valence-electron chi connectivity index (χ4n) is 3.66. The number of pyridine rings is 1. The highest BCUT2D eigenvalue weighted by Gasteiger charge is 2.45. The van der Waals surface area contributed by atoms with Crippen molar-refractivity contribution in [1.82, 2.24) is 35.0 Å². The monoisotopic (exact) mass is 426 g/mol. The van der Waals surface area contributed by atoms with Gasteiger partial charge in [0.05, 0.1) is 12.1 Å². The van der Waals surface area contributed by atoms with Crippen molar-refractivity contribution in [3.05, 3.63) is 84.3 Å². The molecular weight excluding hydrogens is 404 g/mol. The topological polar surface area (TPSA) is 111 Å². The largest absolute Gasteiger partial charge is 0.378 e. The molecule has 0 unspecified atom stereocenters. The molecule has 0 spiro atoms. The van der Waals surface area contributed by atoms with Gasteiger partial charge in [-0.25, -0.2) is 9.97 Å². The molecule has 32 heavy (non-hydrogen) atoms. The molecule has 160 valence electrons. The number of aromatic nitrogens is 6. The van der Waals surface area contributed by atoms with Gasteiger partial charge < -0.3 is 15.2 Å². The lowest BCUT2D eigenvalue weighted by molar-refractivity contribution is 0.0931. The van der Waals surface area contributed by atoms with Crippen LogP contribution in [0.1, 0.15) is 34.6 Å². The maximum absolute atomic E-state index is 12.9. The molecule has 1 fully saturated rings. The third-order valence-corrected chi connectivity index (χ3v) is 5.67. The number of nitrogens with one attached hydrogen (secondary N) is 2. The summed E-state index contributed by atoms with van der Waals surface area (Å²) < 4.78 is 1.89. The van der Waals surface area contributed by atoms with E-state index in [1.165, 1.54) is 6.33 Å². The molecule has 4 aromatic rings. The second-order valence-corrected chi connectivity index (χ2v) is 7.81. The van der Waals surface area contributed by atoms with Gasteiger partial charge in [-0.2, -0.15) is 0 Å². The Morgan fingerprint density at radius 3 is 2.75 bits per heavy atom. The Kier molecular flexibility index (Phi) is 5.06. The van der Waals surface area contributed by atoms with Gasteiger partial charge in [-0.15, -0.1) is 10.2 Å². The zero-order valence-corrected chi connectivity index (χ0v) is 17.6. The van der Waals surface area contributed by atoms with E-state index in [4.69, 9.17) is 0 Å². The Morgan fingerprint density at radius 2 is 2.00 bits per heavy atom. The fraction of sp³-hybridized carbons (Fsp3) is 0.217. The van der Waals surface area contributed by atoms with Crippen molar-refractivity contribution in [1.29, 1.82) is 0 Å². The lowest BCUT2D eigenvalue weighted by Crippen LogP contribution is -2.34. The summed E-state index contributed by atoms with van der Waals surface area (Å²) in [6, 6.07) is 13.1. The molecule has 0 bridgehead atoms. The Hall–Kier alpha value is -4.14. The highest BCUT2D eigenvalue weighted by Crippen LogP contribution is 2.45. The fourth-order valence-corrected chi connectivity index (χ4v) is 3.66. The van der Waals surface area contributed by atoms with Crippen LogP contribution in [0.2, 0.25) is 0 Å². The van der Waals surface area contributed by atoms with Crippen molar-refractivity contribution in [2.45, 2.75) is 24.9 Å². The van der Waals surface area contributed by atoms with E-state index in [2.05, 4.69) is 35.8 Å². The summed E-state index contributed by atoms with van der Waals surface area (Å²) in [5.41, 5.74) is 2.89. The Labute approximate surface area is 185 Å². The smallest absolute Gasteiger partial charge is 0.252 e. The average Bonchev–Trinajstić information content (AvgIpc) is 3.53. The second-order valence-electron chi connectivity index (χ2n) is 7.81. The van der Waals surface area contributed by atoms with Gasteiger partial charge in [-0.3, -0.25) is 9.78 Å². The van der Waals surface area contributed by atoms with Gasteiger partial charge >= 0.3 is 0 Å². The number of rotatable bonds is 7. The van der Waals surface area contributed by atoms with Crippen molar-refractivity contribution in [2.75, 3.05) is 5.32 Å². The first-order valence-electron chi connectivity index (χ1n) is 10.4. The highest BCUT2D eigenvalue weighted by atomic mass is 16.1. The Morgan fingerprint density at radius 1 is 1.09 bits per heavy atom. The third-order valence-electron chi connectivity index (χ3n) is 5.67. The molecule has 0 aliphatic heterocycles. The first-order chi connectivity index (χ1) is 15.6. The maximum atomic E-state index is 12.9. The van der Waals surface area contributed by atoms with Crippen LogP contribution in [0.25, 0.3) is 11.5 Å². The Bertz CT molecular complexity index is 1240. The molecule has 2 N–H and O–H groups in total. The van der Waals surface area contributed by atoms with Crippen LogP contribution in [0.4, 0.5) is 5.69 Å². The molecule has 0 saturated heterocycles. The number of carbonyl (C=O) groups is 1. The van der Waals surface area contributed by atoms with Crippen LogP contribution in [0.3, 0.4) is 0 Å². The zero-order chi connectivity index (χ0) is 22.0. The number of hydrogen-bond acceptors (Lipinski definition) is 7. The van der Waals surface area contributed by atoms with Crippen molar-refractivity contribution in [3.8, 4) is 11.5 Å². The van der Waals surface area contributed by atoms with Gasteiger partial charge in [0.1, 0.15) is 12.0 Å². The number of benzene rings is 1. The van der Waals surface area contributed by atoms with E-state index in [1.807, 2.05) is 54.2 Å². The summed E-state index contributed by atoms with van der Waals surface area (Å²) in [6.07, 6.45) is 8.56. The molecule has 1 amide bonds. The van der Waals surface area contributed by atoms with Crippen molar-refractivity contribution in [2.24, 2.45) is 7.05 Å². The molecule has 1 saturated carbocycles. The minimum atomic E-state index is -0.301. The third kappa shape index (κ3) is 3.92. The Balaban J connectivity index is 1.26. The predicted molar refractivity (Wildman–Crippen MR) is 118 cm³/mol. The lowest BCUT2D eigenvalue weighted by Gasteiger charge is -2.18. The van der Waals surface area contributed by atoms with Crippen LogP contribution >= 0.6 is 0 Å². The standard InChI is InChI=1S/C23H22N8O/c1-31-20(29-30-21(31)19-7-11-25-15-27-19)14-26-18-6-2-4-16(12-18)22(32)28-23(8-9-23)17-5-3-10-24-13-17/h2-7,10-13,15,26H,8-9,14H2,1H3,(H,28,32). The van der Waals surface area contributed by atoms with Crippen LogP contribution in [0, 0.1) is 0 Å². The highest BCUT2D eigenvalue weighted by molar-refractivity contribution is 5.96. The van der Waals surface area contributed by atoms with E-state index >= 15 is 0 Å². The number of amides is 1. The molecule has 5 rings (SSSR count). The molecule has 1 aliphatic carbocycles. The second kappa shape index (κ2) is 8.18. The normalized spacial score (nSPS) is 14.0. The first kappa shape index (κ1) is 19.8. The van der Waals surface area contributed by atoms with Crippen molar-refractivity contribution in [3.63, 3.8) is 0 Å². The van der Waals surface area contributed by atoms with Crippen LogP contribution in [0.5, 0.6) is 0 Å². The van der Waals surface area contributed by atoms with Crippen LogP contribution in [-0.4, -0.2) is 35.6 Å². The summed E-state index contributed by atoms with van der Waals surface area (Å²) in [7, 11) is 1.89. The molecule has 1 aliphatic rings. The number of carbonyl (C=O) groups excluding carboxylic acids is 1. The number of nitrogens with zero attached hydrogens (tertiary/aromatic N) is 6. The molecule has 3 heterocycles. The quantitative estimate of drug-likeness (QED) is 0.467. The van der Waals surface area contributed by atoms with E-state index in [1.54, 1.807) is 18.5 Å². The molecule has 1 aromatic carbocycles. The summed E-state index contributed by atoms with van der Waals surface area (Å²) in [4.78, 5) is 25.3. The van der Waals surface area contributed by atoms with Crippen molar-refractivity contribution >= 4 is 11.6 Å².